The summed E-state index contributed by atoms with van der Waals surface area (Å²) in [6.07, 6.45) is 2.84. The molecule has 2 atom stereocenters. The second-order valence-corrected chi connectivity index (χ2v) is 7.86. The molecule has 2 saturated heterocycles. The van der Waals surface area contributed by atoms with E-state index in [4.69, 9.17) is 4.74 Å². The van der Waals surface area contributed by atoms with Crippen molar-refractivity contribution in [1.29, 1.82) is 0 Å². The summed E-state index contributed by atoms with van der Waals surface area (Å²) in [5.74, 6) is 0.843. The zero-order valence-electron chi connectivity index (χ0n) is 15.4. The van der Waals surface area contributed by atoms with Gasteiger partial charge in [0, 0.05) is 30.6 Å². The highest BCUT2D eigenvalue weighted by molar-refractivity contribution is 14.0. The number of hydrogen-bond acceptors (Lipinski definition) is 5. The molecule has 8 heteroatoms. The Bertz CT molecular complexity index is 560. The van der Waals surface area contributed by atoms with Crippen LogP contribution >= 0.6 is 35.3 Å². The summed E-state index contributed by atoms with van der Waals surface area (Å²) < 4.78 is 6.01. The molecule has 1 aromatic heterocycles. The lowest BCUT2D eigenvalue weighted by atomic mass is 10.2. The van der Waals surface area contributed by atoms with Crippen molar-refractivity contribution in [3.8, 4) is 0 Å². The van der Waals surface area contributed by atoms with Crippen LogP contribution in [-0.2, 0) is 11.3 Å². The highest BCUT2D eigenvalue weighted by Crippen LogP contribution is 2.22. The Kier molecular flexibility index (Phi) is 8.37. The second-order valence-electron chi connectivity index (χ2n) is 6.57. The molecule has 0 aromatic carbocycles. The third kappa shape index (κ3) is 5.77. The molecule has 2 fully saturated rings. The molecule has 2 aliphatic heterocycles. The van der Waals surface area contributed by atoms with E-state index in [1.807, 2.05) is 0 Å². The Hall–Kier alpha value is -0.450. The van der Waals surface area contributed by atoms with Crippen LogP contribution in [0, 0.1) is 13.8 Å². The molecule has 2 N–H and O–H groups in total. The van der Waals surface area contributed by atoms with Gasteiger partial charge in [-0.25, -0.2) is 9.98 Å². The maximum absolute atomic E-state index is 6.01. The molecule has 3 rings (SSSR count). The van der Waals surface area contributed by atoms with E-state index in [9.17, 15) is 0 Å². The number of rotatable bonds is 5. The molecule has 25 heavy (non-hydrogen) atoms. The highest BCUT2D eigenvalue weighted by Gasteiger charge is 2.32. The number of hydrogen-bond donors (Lipinski definition) is 2. The molecule has 0 saturated carbocycles. The second kappa shape index (κ2) is 10.0. The van der Waals surface area contributed by atoms with Crippen LogP contribution < -0.4 is 10.6 Å². The van der Waals surface area contributed by atoms with E-state index in [1.54, 1.807) is 11.3 Å². The summed E-state index contributed by atoms with van der Waals surface area (Å²) in [5.41, 5.74) is 1.11. The van der Waals surface area contributed by atoms with Crippen LogP contribution in [0.1, 0.15) is 35.3 Å². The molecule has 142 valence electrons. The quantitative estimate of drug-likeness (QED) is 0.386. The van der Waals surface area contributed by atoms with Crippen molar-refractivity contribution in [1.82, 2.24) is 20.5 Å². The Morgan fingerprint density at radius 3 is 2.96 bits per heavy atom. The van der Waals surface area contributed by atoms with Gasteiger partial charge >= 0.3 is 0 Å². The average Bonchev–Trinajstić information content (AvgIpc) is 3.16. The molecule has 2 aliphatic rings. The molecular formula is C17H30IN5OS. The lowest BCUT2D eigenvalue weighted by Crippen LogP contribution is -2.51. The number of aliphatic imine (C=N–C) groups is 1. The average molecular weight is 479 g/mol. The van der Waals surface area contributed by atoms with Crippen molar-refractivity contribution in [2.75, 3.05) is 32.8 Å². The van der Waals surface area contributed by atoms with E-state index in [2.05, 4.69) is 46.3 Å². The number of fused-ring (bicyclic) bond motifs is 1. The van der Waals surface area contributed by atoms with Crippen LogP contribution in [0.25, 0.3) is 0 Å². The molecule has 0 amide bonds. The van der Waals surface area contributed by atoms with Gasteiger partial charge in [0.15, 0.2) is 5.96 Å². The number of ether oxygens (including phenoxy) is 1. The first-order valence-electron chi connectivity index (χ1n) is 8.96. The first kappa shape index (κ1) is 20.9. The van der Waals surface area contributed by atoms with Gasteiger partial charge in [0.25, 0.3) is 0 Å². The molecule has 3 heterocycles. The van der Waals surface area contributed by atoms with Gasteiger partial charge in [0.2, 0.25) is 0 Å². The minimum Gasteiger partial charge on any atom is -0.373 e. The maximum atomic E-state index is 6.01. The van der Waals surface area contributed by atoms with Crippen molar-refractivity contribution in [3.63, 3.8) is 0 Å². The van der Waals surface area contributed by atoms with Crippen LogP contribution in [0.2, 0.25) is 0 Å². The lowest BCUT2D eigenvalue weighted by molar-refractivity contribution is -0.0453. The Balaban J connectivity index is 0.00000225. The van der Waals surface area contributed by atoms with Gasteiger partial charge in [-0.2, -0.15) is 0 Å². The Morgan fingerprint density at radius 1 is 1.40 bits per heavy atom. The fourth-order valence-corrected chi connectivity index (χ4v) is 4.17. The maximum Gasteiger partial charge on any atom is 0.191 e. The standard InChI is InChI=1S/C17H29N5OS.HI/c1-4-18-17(20-9-16-21-12(2)13(3)24-16)19-8-15-10-22-7-5-6-14(22)11-23-15;/h14-15H,4-11H2,1-3H3,(H2,18,19,20);1H. The van der Waals surface area contributed by atoms with Gasteiger partial charge in [-0.1, -0.05) is 0 Å². The van der Waals surface area contributed by atoms with Crippen molar-refractivity contribution in [2.45, 2.75) is 52.3 Å². The first-order chi connectivity index (χ1) is 11.7. The lowest BCUT2D eigenvalue weighted by Gasteiger charge is -2.35. The number of thiazole rings is 1. The molecule has 1 aromatic rings. The molecule has 6 nitrogen and oxygen atoms in total. The van der Waals surface area contributed by atoms with Gasteiger partial charge in [-0.15, -0.1) is 35.3 Å². The topological polar surface area (TPSA) is 61.8 Å². The number of aryl methyl sites for hydroxylation is 2. The Morgan fingerprint density at radius 2 is 2.24 bits per heavy atom. The summed E-state index contributed by atoms with van der Waals surface area (Å²) in [6.45, 7) is 11.6. The zero-order chi connectivity index (χ0) is 16.9. The van der Waals surface area contributed by atoms with Crippen molar-refractivity contribution in [3.05, 3.63) is 15.6 Å². The molecule has 0 bridgehead atoms. The summed E-state index contributed by atoms with van der Waals surface area (Å²) in [6, 6.07) is 0.652. The molecule has 2 unspecified atom stereocenters. The molecule has 0 spiro atoms. The normalized spacial score (nSPS) is 23.9. The smallest absolute Gasteiger partial charge is 0.191 e. The summed E-state index contributed by atoms with van der Waals surface area (Å²) in [4.78, 5) is 13.1. The van der Waals surface area contributed by atoms with E-state index in [1.165, 1.54) is 24.3 Å². The number of nitrogens with zero attached hydrogens (tertiary/aromatic N) is 3. The fraction of sp³-hybridized carbons (Fsp3) is 0.765. The van der Waals surface area contributed by atoms with Crippen molar-refractivity contribution in [2.24, 2.45) is 4.99 Å². The highest BCUT2D eigenvalue weighted by atomic mass is 127. The van der Waals surface area contributed by atoms with Gasteiger partial charge < -0.3 is 15.4 Å². The number of halogens is 1. The minimum absolute atomic E-state index is 0. The van der Waals surface area contributed by atoms with Crippen LogP contribution in [0.5, 0.6) is 0 Å². The largest absolute Gasteiger partial charge is 0.373 e. The van der Waals surface area contributed by atoms with Gasteiger partial charge in [0.05, 0.1) is 24.9 Å². The van der Waals surface area contributed by atoms with E-state index < -0.39 is 0 Å². The zero-order valence-corrected chi connectivity index (χ0v) is 18.5. The molecular weight excluding hydrogens is 449 g/mol. The summed E-state index contributed by atoms with van der Waals surface area (Å²) in [7, 11) is 0. The van der Waals surface area contributed by atoms with Crippen LogP contribution in [-0.4, -0.2) is 60.8 Å². The van der Waals surface area contributed by atoms with E-state index in [0.29, 0.717) is 12.6 Å². The predicted octanol–water partition coefficient (Wildman–Crippen LogP) is 2.30. The number of morpholine rings is 1. The SMILES string of the molecule is CCNC(=NCc1nc(C)c(C)s1)NCC1CN2CCCC2CO1.I. The number of aromatic nitrogens is 1. The Labute approximate surface area is 171 Å². The van der Waals surface area contributed by atoms with Crippen LogP contribution in [0.4, 0.5) is 0 Å². The fourth-order valence-electron chi connectivity index (χ4n) is 3.31. The first-order valence-corrected chi connectivity index (χ1v) is 9.78. The van der Waals surface area contributed by atoms with Crippen molar-refractivity contribution < 1.29 is 4.74 Å². The molecule has 0 aliphatic carbocycles. The molecule has 0 radical (unpaired) electrons. The minimum atomic E-state index is 0. The predicted molar refractivity (Wildman–Crippen MR) is 114 cm³/mol. The van der Waals surface area contributed by atoms with Gasteiger partial charge in [-0.3, -0.25) is 4.90 Å². The third-order valence-electron chi connectivity index (χ3n) is 4.75. The monoisotopic (exact) mass is 479 g/mol. The van der Waals surface area contributed by atoms with Gasteiger partial charge in [-0.05, 0) is 40.2 Å². The van der Waals surface area contributed by atoms with E-state index in [0.717, 1.165) is 42.9 Å². The van der Waals surface area contributed by atoms with Crippen LogP contribution in [0.15, 0.2) is 4.99 Å². The number of nitrogens with one attached hydrogen (secondary N) is 2. The van der Waals surface area contributed by atoms with Gasteiger partial charge in [0.1, 0.15) is 5.01 Å². The summed E-state index contributed by atoms with van der Waals surface area (Å²) >= 11 is 1.73. The summed E-state index contributed by atoms with van der Waals surface area (Å²) in [5, 5.41) is 7.80. The van der Waals surface area contributed by atoms with Crippen molar-refractivity contribution >= 4 is 41.3 Å². The third-order valence-corrected chi connectivity index (χ3v) is 5.81. The number of guanidine groups is 1. The van der Waals surface area contributed by atoms with E-state index >= 15 is 0 Å². The van der Waals surface area contributed by atoms with Crippen LogP contribution in [0.3, 0.4) is 0 Å². The van der Waals surface area contributed by atoms with E-state index in [-0.39, 0.29) is 30.1 Å².